The number of amides is 1. The molecule has 0 heterocycles. The van der Waals surface area contributed by atoms with Gasteiger partial charge in [0, 0.05) is 24.6 Å². The van der Waals surface area contributed by atoms with E-state index in [1.165, 1.54) is 25.3 Å². The standard InChI is InChI=1S/C15H19FN2O/c16-13-6-9(7-17)4-5-10(13)8-18-15(19)14-11-2-1-3-12(11)14/h4-6,11-12,14H,1-3,7-8,17H2,(H,18,19). The van der Waals surface area contributed by atoms with E-state index in [1.54, 1.807) is 12.1 Å². The van der Waals surface area contributed by atoms with E-state index in [0.717, 1.165) is 5.56 Å². The molecule has 3 N–H and O–H groups in total. The fourth-order valence-electron chi connectivity index (χ4n) is 3.37. The maximum Gasteiger partial charge on any atom is 0.223 e. The molecule has 0 saturated heterocycles. The number of hydrogen-bond donors (Lipinski definition) is 2. The molecule has 0 spiro atoms. The third-order valence-electron chi connectivity index (χ3n) is 4.52. The molecule has 2 fully saturated rings. The summed E-state index contributed by atoms with van der Waals surface area (Å²) < 4.78 is 13.7. The highest BCUT2D eigenvalue weighted by atomic mass is 19.1. The molecule has 19 heavy (non-hydrogen) atoms. The van der Waals surface area contributed by atoms with Crippen LogP contribution in [0.15, 0.2) is 18.2 Å². The van der Waals surface area contributed by atoms with Gasteiger partial charge in [0.1, 0.15) is 5.82 Å². The van der Waals surface area contributed by atoms with Gasteiger partial charge >= 0.3 is 0 Å². The van der Waals surface area contributed by atoms with Crippen molar-refractivity contribution in [2.24, 2.45) is 23.5 Å². The molecule has 1 aromatic rings. The van der Waals surface area contributed by atoms with Gasteiger partial charge < -0.3 is 11.1 Å². The number of hydrogen-bond acceptors (Lipinski definition) is 2. The minimum atomic E-state index is -0.292. The summed E-state index contributed by atoms with van der Waals surface area (Å²) in [6.45, 7) is 0.598. The van der Waals surface area contributed by atoms with Crippen molar-refractivity contribution in [2.75, 3.05) is 0 Å². The Labute approximate surface area is 112 Å². The predicted octanol–water partition coefficient (Wildman–Crippen LogP) is 1.95. The zero-order valence-corrected chi connectivity index (χ0v) is 10.9. The second-order valence-electron chi connectivity index (χ2n) is 5.63. The van der Waals surface area contributed by atoms with Gasteiger partial charge in [-0.3, -0.25) is 4.79 Å². The average Bonchev–Trinajstić information content (AvgIpc) is 2.90. The molecule has 2 saturated carbocycles. The first-order chi connectivity index (χ1) is 9.20. The van der Waals surface area contributed by atoms with Gasteiger partial charge in [0.2, 0.25) is 5.91 Å². The van der Waals surface area contributed by atoms with Crippen LogP contribution in [0.1, 0.15) is 30.4 Å². The molecular formula is C15H19FN2O. The van der Waals surface area contributed by atoms with Crippen molar-refractivity contribution < 1.29 is 9.18 Å². The number of carbonyl (C=O) groups excluding carboxylic acids is 1. The van der Waals surface area contributed by atoms with Crippen LogP contribution in [0.25, 0.3) is 0 Å². The zero-order valence-electron chi connectivity index (χ0n) is 10.9. The number of nitrogens with two attached hydrogens (primary N) is 1. The summed E-state index contributed by atoms with van der Waals surface area (Å²) in [7, 11) is 0. The third-order valence-corrected chi connectivity index (χ3v) is 4.52. The van der Waals surface area contributed by atoms with E-state index in [1.807, 2.05) is 0 Å². The number of nitrogens with one attached hydrogen (secondary N) is 1. The summed E-state index contributed by atoms with van der Waals surface area (Å²) in [5.74, 6) is 1.20. The molecule has 2 aliphatic rings. The number of rotatable bonds is 4. The van der Waals surface area contributed by atoms with Gasteiger partial charge in [-0.25, -0.2) is 4.39 Å². The first-order valence-electron chi connectivity index (χ1n) is 6.96. The molecule has 3 rings (SSSR count). The van der Waals surface area contributed by atoms with Crippen molar-refractivity contribution in [2.45, 2.75) is 32.4 Å². The SMILES string of the molecule is NCc1ccc(CNC(=O)C2C3CCCC32)c(F)c1. The van der Waals surface area contributed by atoms with E-state index < -0.39 is 0 Å². The lowest BCUT2D eigenvalue weighted by Gasteiger charge is -2.08. The Bertz CT molecular complexity index is 493. The van der Waals surface area contributed by atoms with E-state index in [4.69, 9.17) is 5.73 Å². The van der Waals surface area contributed by atoms with Crippen molar-refractivity contribution in [1.29, 1.82) is 0 Å². The summed E-state index contributed by atoms with van der Waals surface area (Å²) in [5.41, 5.74) is 6.75. The minimum absolute atomic E-state index is 0.0944. The molecule has 0 aromatic heterocycles. The zero-order chi connectivity index (χ0) is 13.4. The second kappa shape index (κ2) is 4.93. The van der Waals surface area contributed by atoms with Crippen LogP contribution in [0.2, 0.25) is 0 Å². The smallest absolute Gasteiger partial charge is 0.223 e. The van der Waals surface area contributed by atoms with Crippen molar-refractivity contribution in [1.82, 2.24) is 5.32 Å². The van der Waals surface area contributed by atoms with E-state index in [0.29, 0.717) is 23.9 Å². The molecule has 102 valence electrons. The van der Waals surface area contributed by atoms with Gasteiger partial charge in [0.05, 0.1) is 0 Å². The van der Waals surface area contributed by atoms with Crippen LogP contribution in [0.5, 0.6) is 0 Å². The lowest BCUT2D eigenvalue weighted by atomic mass is 10.1. The highest BCUT2D eigenvalue weighted by Gasteiger charge is 2.56. The predicted molar refractivity (Wildman–Crippen MR) is 70.5 cm³/mol. The van der Waals surface area contributed by atoms with Gasteiger partial charge in [0.15, 0.2) is 0 Å². The second-order valence-corrected chi connectivity index (χ2v) is 5.63. The number of carbonyl (C=O) groups is 1. The normalized spacial score (nSPS) is 28.0. The van der Waals surface area contributed by atoms with Crippen molar-refractivity contribution in [3.05, 3.63) is 35.1 Å². The summed E-state index contributed by atoms with van der Waals surface area (Å²) in [4.78, 5) is 12.0. The Morgan fingerprint density at radius 1 is 1.37 bits per heavy atom. The molecule has 0 radical (unpaired) electrons. The topological polar surface area (TPSA) is 55.1 Å². The Hall–Kier alpha value is -1.42. The Morgan fingerprint density at radius 2 is 2.11 bits per heavy atom. The van der Waals surface area contributed by atoms with Crippen LogP contribution in [0.3, 0.4) is 0 Å². The van der Waals surface area contributed by atoms with E-state index in [9.17, 15) is 9.18 Å². The molecular weight excluding hydrogens is 243 g/mol. The van der Waals surface area contributed by atoms with E-state index >= 15 is 0 Å². The summed E-state index contributed by atoms with van der Waals surface area (Å²) in [6.07, 6.45) is 3.62. The first kappa shape index (κ1) is 12.6. The number of fused-ring (bicyclic) bond motifs is 1. The Balaban J connectivity index is 1.56. The van der Waals surface area contributed by atoms with Crippen LogP contribution in [-0.2, 0) is 17.9 Å². The Morgan fingerprint density at radius 3 is 2.74 bits per heavy atom. The quantitative estimate of drug-likeness (QED) is 0.871. The molecule has 3 nitrogen and oxygen atoms in total. The van der Waals surface area contributed by atoms with Crippen LogP contribution in [0, 0.1) is 23.6 Å². The maximum absolute atomic E-state index is 13.7. The summed E-state index contributed by atoms with van der Waals surface area (Å²) in [5, 5.41) is 2.86. The van der Waals surface area contributed by atoms with Crippen LogP contribution >= 0.6 is 0 Å². The fraction of sp³-hybridized carbons (Fsp3) is 0.533. The van der Waals surface area contributed by atoms with Gasteiger partial charge in [-0.05, 0) is 36.3 Å². The molecule has 2 aliphatic carbocycles. The van der Waals surface area contributed by atoms with Crippen LogP contribution < -0.4 is 11.1 Å². The monoisotopic (exact) mass is 262 g/mol. The summed E-state index contributed by atoms with van der Waals surface area (Å²) in [6, 6.07) is 4.94. The lowest BCUT2D eigenvalue weighted by molar-refractivity contribution is -0.123. The van der Waals surface area contributed by atoms with E-state index in [-0.39, 0.29) is 24.2 Å². The van der Waals surface area contributed by atoms with Crippen LogP contribution in [0.4, 0.5) is 4.39 Å². The largest absolute Gasteiger partial charge is 0.352 e. The fourth-order valence-corrected chi connectivity index (χ4v) is 3.37. The third kappa shape index (κ3) is 2.37. The highest BCUT2D eigenvalue weighted by Crippen LogP contribution is 2.57. The molecule has 0 aliphatic heterocycles. The van der Waals surface area contributed by atoms with Crippen molar-refractivity contribution >= 4 is 5.91 Å². The molecule has 0 bridgehead atoms. The van der Waals surface area contributed by atoms with Crippen molar-refractivity contribution in [3.63, 3.8) is 0 Å². The number of benzene rings is 1. The van der Waals surface area contributed by atoms with Gasteiger partial charge in [-0.2, -0.15) is 0 Å². The van der Waals surface area contributed by atoms with E-state index in [2.05, 4.69) is 5.32 Å². The van der Waals surface area contributed by atoms with Gasteiger partial charge in [-0.15, -0.1) is 0 Å². The molecule has 4 heteroatoms. The molecule has 2 atom stereocenters. The molecule has 1 aromatic carbocycles. The van der Waals surface area contributed by atoms with Gasteiger partial charge in [-0.1, -0.05) is 18.6 Å². The van der Waals surface area contributed by atoms with Gasteiger partial charge in [0.25, 0.3) is 0 Å². The number of halogens is 1. The summed E-state index contributed by atoms with van der Waals surface area (Å²) >= 11 is 0. The van der Waals surface area contributed by atoms with Crippen molar-refractivity contribution in [3.8, 4) is 0 Å². The molecule has 2 unspecified atom stereocenters. The Kier molecular flexibility index (Phi) is 3.27. The maximum atomic E-state index is 13.7. The minimum Gasteiger partial charge on any atom is -0.352 e. The average molecular weight is 262 g/mol. The first-order valence-corrected chi connectivity index (χ1v) is 6.96. The molecule has 1 amide bonds. The highest BCUT2D eigenvalue weighted by molar-refractivity contribution is 5.82. The van der Waals surface area contributed by atoms with Crippen LogP contribution in [-0.4, -0.2) is 5.91 Å². The lowest BCUT2D eigenvalue weighted by Crippen LogP contribution is -2.26.